The zero-order valence-corrected chi connectivity index (χ0v) is 15.1. The first-order valence-electron chi connectivity index (χ1n) is 8.99. The van der Waals surface area contributed by atoms with Gasteiger partial charge in [0.1, 0.15) is 0 Å². The Balaban J connectivity index is 1.65. The summed E-state index contributed by atoms with van der Waals surface area (Å²) in [5.74, 6) is -0.630. The Bertz CT molecular complexity index is 801. The monoisotopic (exact) mass is 376 g/mol. The molecule has 1 aliphatic rings. The second kappa shape index (κ2) is 7.35. The van der Waals surface area contributed by atoms with Crippen LogP contribution in [0.3, 0.4) is 0 Å². The fraction of sp³-hybridized carbons (Fsp3) is 0.381. The average Bonchev–Trinajstić information content (AvgIpc) is 3.46. The van der Waals surface area contributed by atoms with Gasteiger partial charge in [-0.15, -0.1) is 0 Å². The van der Waals surface area contributed by atoms with Crippen LogP contribution in [0.1, 0.15) is 42.5 Å². The fourth-order valence-electron chi connectivity index (χ4n) is 3.29. The van der Waals surface area contributed by atoms with Crippen LogP contribution in [0.25, 0.3) is 0 Å². The summed E-state index contributed by atoms with van der Waals surface area (Å²) < 4.78 is 38.9. The predicted molar refractivity (Wildman–Crippen MR) is 97.9 cm³/mol. The molecule has 0 radical (unpaired) electrons. The molecule has 1 amide bonds. The third-order valence-electron chi connectivity index (χ3n) is 5.39. The molecule has 3 nitrogen and oxygen atoms in total. The van der Waals surface area contributed by atoms with E-state index in [0.717, 1.165) is 24.5 Å². The van der Waals surface area contributed by atoms with Crippen LogP contribution in [-0.4, -0.2) is 12.5 Å². The fourth-order valence-corrected chi connectivity index (χ4v) is 3.29. The molecular weight excluding hydrogens is 353 g/mol. The number of halogens is 3. The smallest absolute Gasteiger partial charge is 0.355 e. The lowest BCUT2D eigenvalue weighted by molar-refractivity contribution is -0.137. The number of rotatable bonds is 6. The molecule has 0 aromatic heterocycles. The molecular formula is C21H23F3N2O. The maximum atomic E-state index is 13.0. The summed E-state index contributed by atoms with van der Waals surface area (Å²) in [6, 6.07) is 14.3. The Kier molecular flexibility index (Phi) is 5.29. The highest BCUT2D eigenvalue weighted by Gasteiger charge is 2.45. The molecule has 0 heterocycles. The highest BCUT2D eigenvalue weighted by atomic mass is 19.4. The molecule has 1 saturated carbocycles. The highest BCUT2D eigenvalue weighted by Crippen LogP contribution is 2.48. The number of carbonyl (C=O) groups is 1. The number of nitrogens with two attached hydrogens (primary N) is 1. The summed E-state index contributed by atoms with van der Waals surface area (Å²) in [7, 11) is 0. The molecule has 2 aromatic rings. The second-order valence-corrected chi connectivity index (χ2v) is 7.30. The van der Waals surface area contributed by atoms with Crippen molar-refractivity contribution in [2.24, 2.45) is 11.7 Å². The first-order valence-corrected chi connectivity index (χ1v) is 8.99. The molecule has 27 heavy (non-hydrogen) atoms. The summed E-state index contributed by atoms with van der Waals surface area (Å²) in [6.45, 7) is 2.08. The predicted octanol–water partition coefficient (Wildman–Crippen LogP) is 4.19. The average molecular weight is 376 g/mol. The number of hydrogen-bond donors (Lipinski definition) is 2. The first kappa shape index (κ1) is 19.4. The number of benzene rings is 2. The van der Waals surface area contributed by atoms with E-state index in [1.54, 1.807) is 13.0 Å². The summed E-state index contributed by atoms with van der Waals surface area (Å²) in [6.07, 6.45) is -2.85. The third kappa shape index (κ3) is 4.33. The van der Waals surface area contributed by atoms with Gasteiger partial charge in [0.15, 0.2) is 0 Å². The van der Waals surface area contributed by atoms with Crippen molar-refractivity contribution in [3.63, 3.8) is 0 Å². The van der Waals surface area contributed by atoms with Crippen molar-refractivity contribution < 1.29 is 18.0 Å². The number of carbonyl (C=O) groups excluding carboxylic acids is 1. The Morgan fingerprint density at radius 2 is 1.81 bits per heavy atom. The molecule has 0 aliphatic heterocycles. The number of amides is 1. The van der Waals surface area contributed by atoms with Crippen LogP contribution in [0.15, 0.2) is 54.6 Å². The zero-order chi connectivity index (χ0) is 19.7. The minimum absolute atomic E-state index is 0.190. The quantitative estimate of drug-likeness (QED) is 0.794. The van der Waals surface area contributed by atoms with Crippen molar-refractivity contribution in [2.45, 2.75) is 37.4 Å². The molecule has 1 fully saturated rings. The molecule has 0 spiro atoms. The molecule has 0 saturated heterocycles. The number of hydrogen-bond acceptors (Lipinski definition) is 2. The molecule has 3 N–H and O–H groups in total. The van der Waals surface area contributed by atoms with Crippen LogP contribution in [0.2, 0.25) is 0 Å². The van der Waals surface area contributed by atoms with E-state index in [4.69, 9.17) is 5.73 Å². The normalized spacial score (nSPS) is 17.8. The molecule has 0 bridgehead atoms. The van der Waals surface area contributed by atoms with Gasteiger partial charge in [0, 0.05) is 18.0 Å². The van der Waals surface area contributed by atoms with Gasteiger partial charge >= 0.3 is 6.18 Å². The maximum absolute atomic E-state index is 13.0. The van der Waals surface area contributed by atoms with E-state index in [1.807, 2.05) is 30.3 Å². The number of nitrogens with one attached hydrogen (secondary N) is 1. The minimum atomic E-state index is -4.37. The molecule has 2 unspecified atom stereocenters. The molecule has 1 aliphatic carbocycles. The van der Waals surface area contributed by atoms with Crippen molar-refractivity contribution in [3.8, 4) is 0 Å². The van der Waals surface area contributed by atoms with Crippen molar-refractivity contribution in [3.05, 3.63) is 71.3 Å². The minimum Gasteiger partial charge on any atom is -0.355 e. The molecule has 144 valence electrons. The second-order valence-electron chi connectivity index (χ2n) is 7.30. The van der Waals surface area contributed by atoms with Crippen molar-refractivity contribution >= 4 is 5.91 Å². The maximum Gasteiger partial charge on any atom is 0.416 e. The van der Waals surface area contributed by atoms with E-state index in [9.17, 15) is 18.0 Å². The Labute approximate surface area is 156 Å². The van der Waals surface area contributed by atoms with Gasteiger partial charge in [-0.2, -0.15) is 13.2 Å². The summed E-state index contributed by atoms with van der Waals surface area (Å²) in [5, 5.41) is 2.89. The van der Waals surface area contributed by atoms with Gasteiger partial charge in [-0.1, -0.05) is 55.5 Å². The van der Waals surface area contributed by atoms with Crippen molar-refractivity contribution in [1.82, 2.24) is 5.32 Å². The van der Waals surface area contributed by atoms with Crippen molar-refractivity contribution in [1.29, 1.82) is 0 Å². The zero-order valence-electron chi connectivity index (χ0n) is 15.1. The van der Waals surface area contributed by atoms with E-state index in [2.05, 4.69) is 5.32 Å². The number of alkyl halides is 3. The van der Waals surface area contributed by atoms with Gasteiger partial charge in [-0.3, -0.25) is 4.79 Å². The van der Waals surface area contributed by atoms with Gasteiger partial charge in [0.2, 0.25) is 5.91 Å². The van der Waals surface area contributed by atoms with Gasteiger partial charge in [-0.25, -0.2) is 0 Å². The van der Waals surface area contributed by atoms with Gasteiger partial charge < -0.3 is 11.1 Å². The lowest BCUT2D eigenvalue weighted by Gasteiger charge is -2.23. The Morgan fingerprint density at radius 1 is 1.15 bits per heavy atom. The van der Waals surface area contributed by atoms with E-state index in [-0.39, 0.29) is 5.91 Å². The topological polar surface area (TPSA) is 55.1 Å². The first-order chi connectivity index (χ1) is 12.7. The van der Waals surface area contributed by atoms with Gasteiger partial charge in [0.05, 0.1) is 11.5 Å². The molecule has 3 rings (SSSR count). The third-order valence-corrected chi connectivity index (χ3v) is 5.39. The summed E-state index contributed by atoms with van der Waals surface area (Å²) in [4.78, 5) is 12.5. The standard InChI is InChI=1S/C21H23F3N2O/c1-14(18(25)15-6-3-2-4-7-15)19(27)26-13-20(10-11-20)16-8-5-9-17(12-16)21(22,23)24/h2-9,12,14,18H,10-11,13,25H2,1H3,(H,26,27). The van der Waals surface area contributed by atoms with Crippen molar-refractivity contribution in [2.75, 3.05) is 6.54 Å². The van der Waals surface area contributed by atoms with Crippen LogP contribution in [-0.2, 0) is 16.4 Å². The SMILES string of the molecule is CC(C(=O)NCC1(c2cccc(C(F)(F)F)c2)CC1)C(N)c1ccccc1. The van der Waals surface area contributed by atoms with E-state index in [1.165, 1.54) is 12.1 Å². The van der Waals surface area contributed by atoms with Crippen LogP contribution in [0.4, 0.5) is 13.2 Å². The van der Waals surface area contributed by atoms with Crippen LogP contribution in [0.5, 0.6) is 0 Å². The highest BCUT2D eigenvalue weighted by molar-refractivity contribution is 5.79. The van der Waals surface area contributed by atoms with E-state index < -0.39 is 29.1 Å². The van der Waals surface area contributed by atoms with Gasteiger partial charge in [0.25, 0.3) is 0 Å². The Hall–Kier alpha value is -2.34. The van der Waals surface area contributed by atoms with Crippen LogP contribution in [0, 0.1) is 5.92 Å². The summed E-state index contributed by atoms with van der Waals surface area (Å²) >= 11 is 0. The van der Waals surface area contributed by atoms with E-state index in [0.29, 0.717) is 12.1 Å². The molecule has 6 heteroatoms. The Morgan fingerprint density at radius 3 is 2.41 bits per heavy atom. The van der Waals surface area contributed by atoms with Crippen LogP contribution < -0.4 is 11.1 Å². The summed E-state index contributed by atoms with van der Waals surface area (Å²) in [5.41, 5.74) is 6.62. The molecule has 2 aromatic carbocycles. The lowest BCUT2D eigenvalue weighted by atomic mass is 9.92. The largest absolute Gasteiger partial charge is 0.416 e. The van der Waals surface area contributed by atoms with Gasteiger partial charge in [-0.05, 0) is 30.0 Å². The van der Waals surface area contributed by atoms with Crippen LogP contribution >= 0.6 is 0 Å². The van der Waals surface area contributed by atoms with E-state index >= 15 is 0 Å². The molecule has 2 atom stereocenters. The lowest BCUT2D eigenvalue weighted by Crippen LogP contribution is -2.39.